The molecule has 3 aromatic carbocycles. The van der Waals surface area contributed by atoms with Crippen LogP contribution in [0.5, 0.6) is 0 Å². The number of aromatic nitrogens is 1. The highest BCUT2D eigenvalue weighted by Crippen LogP contribution is 2.27. The van der Waals surface area contributed by atoms with Crippen molar-refractivity contribution in [1.82, 2.24) is 4.98 Å². The molecule has 28 heavy (non-hydrogen) atoms. The van der Waals surface area contributed by atoms with E-state index in [9.17, 15) is 8.42 Å². The van der Waals surface area contributed by atoms with Crippen molar-refractivity contribution in [3.63, 3.8) is 0 Å². The fourth-order valence-corrected chi connectivity index (χ4v) is 3.98. The summed E-state index contributed by atoms with van der Waals surface area (Å²) in [5, 5.41) is 0. The normalized spacial score (nSPS) is 11.3. The number of hydrogen-bond donors (Lipinski definition) is 1. The third kappa shape index (κ3) is 4.00. The van der Waals surface area contributed by atoms with Crippen molar-refractivity contribution in [3.05, 3.63) is 89.5 Å². The van der Waals surface area contributed by atoms with Crippen molar-refractivity contribution in [2.24, 2.45) is 0 Å². The zero-order chi connectivity index (χ0) is 19.6. The zero-order valence-corrected chi connectivity index (χ0v) is 16.9. The Balaban J connectivity index is 1.55. The molecule has 0 aliphatic heterocycles. The van der Waals surface area contributed by atoms with Crippen LogP contribution in [0.25, 0.3) is 22.8 Å². The largest absolute Gasteiger partial charge is 0.436 e. The van der Waals surface area contributed by atoms with Crippen molar-refractivity contribution in [2.45, 2.75) is 4.90 Å². The van der Waals surface area contributed by atoms with Gasteiger partial charge in [0.25, 0.3) is 10.0 Å². The molecule has 4 rings (SSSR count). The molecule has 0 unspecified atom stereocenters. The molecule has 0 saturated carbocycles. The maximum absolute atomic E-state index is 12.6. The van der Waals surface area contributed by atoms with Crippen LogP contribution in [0.15, 0.2) is 98.8 Å². The summed E-state index contributed by atoms with van der Waals surface area (Å²) in [5.41, 5.74) is 2.12. The number of nitrogens with zero attached hydrogens (tertiary/aromatic N) is 1. The SMILES string of the molecule is O=S(=O)(Nc1ccc(Br)cc1)c1ccc(-c2ncc(-c3ccccc3)o2)cc1. The predicted octanol–water partition coefficient (Wildman–Crippen LogP) is 5.57. The summed E-state index contributed by atoms with van der Waals surface area (Å²) in [6, 6.07) is 23.0. The lowest BCUT2D eigenvalue weighted by atomic mass is 10.2. The first-order valence-corrected chi connectivity index (χ1v) is 10.7. The van der Waals surface area contributed by atoms with Gasteiger partial charge >= 0.3 is 0 Å². The van der Waals surface area contributed by atoms with Crippen LogP contribution in [0, 0.1) is 0 Å². The van der Waals surface area contributed by atoms with E-state index >= 15 is 0 Å². The van der Waals surface area contributed by atoms with E-state index in [1.807, 2.05) is 30.3 Å². The van der Waals surface area contributed by atoms with Gasteiger partial charge < -0.3 is 4.42 Å². The number of nitrogens with one attached hydrogen (secondary N) is 1. The molecular formula is C21H15BrN2O3S. The number of sulfonamides is 1. The van der Waals surface area contributed by atoms with E-state index in [-0.39, 0.29) is 4.90 Å². The standard InChI is InChI=1S/C21H15BrN2O3S/c22-17-8-10-18(11-9-17)24-28(25,26)19-12-6-16(7-13-19)21-23-14-20(27-21)15-4-2-1-3-5-15/h1-14,24H. The van der Waals surface area contributed by atoms with E-state index < -0.39 is 10.0 Å². The van der Waals surface area contributed by atoms with Crippen LogP contribution in [0.2, 0.25) is 0 Å². The number of oxazole rings is 1. The first-order chi connectivity index (χ1) is 13.5. The lowest BCUT2D eigenvalue weighted by Gasteiger charge is -2.08. The summed E-state index contributed by atoms with van der Waals surface area (Å²) >= 11 is 3.32. The Morgan fingerprint density at radius 3 is 2.18 bits per heavy atom. The summed E-state index contributed by atoms with van der Waals surface area (Å²) in [5.74, 6) is 1.09. The van der Waals surface area contributed by atoms with Gasteiger partial charge in [-0.25, -0.2) is 13.4 Å². The molecular weight excluding hydrogens is 440 g/mol. The Bertz CT molecular complexity index is 1190. The molecule has 0 spiro atoms. The van der Waals surface area contributed by atoms with Crippen LogP contribution < -0.4 is 4.72 Å². The van der Waals surface area contributed by atoms with Crippen molar-refractivity contribution in [1.29, 1.82) is 0 Å². The number of anilines is 1. The van der Waals surface area contributed by atoms with Gasteiger partial charge in [0.05, 0.1) is 11.1 Å². The number of hydrogen-bond acceptors (Lipinski definition) is 4. The third-order valence-corrected chi connectivity index (χ3v) is 6.00. The Hall–Kier alpha value is -2.90. The highest BCUT2D eigenvalue weighted by atomic mass is 79.9. The molecule has 1 heterocycles. The summed E-state index contributed by atoms with van der Waals surface area (Å²) in [4.78, 5) is 4.46. The van der Waals surface area contributed by atoms with Gasteiger partial charge in [0, 0.05) is 21.3 Å². The minimum Gasteiger partial charge on any atom is -0.436 e. The molecule has 0 aliphatic carbocycles. The monoisotopic (exact) mass is 454 g/mol. The fraction of sp³-hybridized carbons (Fsp3) is 0. The van der Waals surface area contributed by atoms with Crippen LogP contribution in [0.3, 0.4) is 0 Å². The molecule has 0 fully saturated rings. The first kappa shape index (κ1) is 18.5. The van der Waals surface area contributed by atoms with Crippen LogP contribution in [-0.4, -0.2) is 13.4 Å². The second-order valence-corrected chi connectivity index (χ2v) is 8.63. The van der Waals surface area contributed by atoms with Gasteiger partial charge in [0.15, 0.2) is 5.76 Å². The van der Waals surface area contributed by atoms with Gasteiger partial charge in [-0.2, -0.15) is 0 Å². The van der Waals surface area contributed by atoms with Gasteiger partial charge in [-0.3, -0.25) is 4.72 Å². The van der Waals surface area contributed by atoms with Gasteiger partial charge in [0.2, 0.25) is 5.89 Å². The predicted molar refractivity (Wildman–Crippen MR) is 112 cm³/mol. The summed E-state index contributed by atoms with van der Waals surface area (Å²) in [6.45, 7) is 0. The minimum atomic E-state index is -3.68. The van der Waals surface area contributed by atoms with Crippen molar-refractivity contribution < 1.29 is 12.8 Å². The highest BCUT2D eigenvalue weighted by molar-refractivity contribution is 9.10. The first-order valence-electron chi connectivity index (χ1n) is 8.41. The second-order valence-electron chi connectivity index (χ2n) is 6.03. The van der Waals surface area contributed by atoms with Gasteiger partial charge in [0.1, 0.15) is 0 Å². The van der Waals surface area contributed by atoms with Gasteiger partial charge in [-0.05, 0) is 48.5 Å². The lowest BCUT2D eigenvalue weighted by Crippen LogP contribution is -2.12. The molecule has 7 heteroatoms. The van der Waals surface area contributed by atoms with E-state index in [2.05, 4.69) is 25.6 Å². The summed E-state index contributed by atoms with van der Waals surface area (Å²) < 4.78 is 34.4. The fourth-order valence-electron chi connectivity index (χ4n) is 2.65. The van der Waals surface area contributed by atoms with Crippen molar-refractivity contribution >= 4 is 31.6 Å². The topological polar surface area (TPSA) is 72.2 Å². The van der Waals surface area contributed by atoms with E-state index in [0.717, 1.165) is 10.0 Å². The Morgan fingerprint density at radius 1 is 0.821 bits per heavy atom. The summed E-state index contributed by atoms with van der Waals surface area (Å²) in [6.07, 6.45) is 1.66. The highest BCUT2D eigenvalue weighted by Gasteiger charge is 2.15. The summed E-state index contributed by atoms with van der Waals surface area (Å²) in [7, 11) is -3.68. The Labute approximate surface area is 171 Å². The molecule has 1 aromatic heterocycles. The van der Waals surface area contributed by atoms with E-state index in [4.69, 9.17) is 4.42 Å². The maximum Gasteiger partial charge on any atom is 0.261 e. The average Bonchev–Trinajstić information content (AvgIpc) is 3.21. The molecule has 0 aliphatic rings. The number of benzene rings is 3. The minimum absolute atomic E-state index is 0.161. The molecule has 0 bridgehead atoms. The van der Waals surface area contributed by atoms with E-state index in [1.165, 1.54) is 12.1 Å². The third-order valence-electron chi connectivity index (χ3n) is 4.07. The molecule has 1 N–H and O–H groups in total. The van der Waals surface area contributed by atoms with Crippen LogP contribution in [0.1, 0.15) is 0 Å². The van der Waals surface area contributed by atoms with E-state index in [0.29, 0.717) is 22.9 Å². The smallest absolute Gasteiger partial charge is 0.261 e. The quantitative estimate of drug-likeness (QED) is 0.427. The zero-order valence-electron chi connectivity index (χ0n) is 14.5. The molecule has 5 nitrogen and oxygen atoms in total. The molecule has 0 atom stereocenters. The van der Waals surface area contributed by atoms with Gasteiger partial charge in [-0.15, -0.1) is 0 Å². The maximum atomic E-state index is 12.6. The van der Waals surface area contributed by atoms with Crippen LogP contribution in [-0.2, 0) is 10.0 Å². The average molecular weight is 455 g/mol. The molecule has 4 aromatic rings. The van der Waals surface area contributed by atoms with Gasteiger partial charge in [-0.1, -0.05) is 46.3 Å². The van der Waals surface area contributed by atoms with E-state index in [1.54, 1.807) is 42.6 Å². The molecule has 0 amide bonds. The number of rotatable bonds is 5. The second kappa shape index (κ2) is 7.61. The number of halogens is 1. The Morgan fingerprint density at radius 2 is 1.50 bits per heavy atom. The molecule has 0 saturated heterocycles. The van der Waals surface area contributed by atoms with Crippen molar-refractivity contribution in [3.8, 4) is 22.8 Å². The Kier molecular flexibility index (Phi) is 5.02. The molecule has 0 radical (unpaired) electrons. The van der Waals surface area contributed by atoms with Crippen LogP contribution in [0.4, 0.5) is 5.69 Å². The van der Waals surface area contributed by atoms with Crippen LogP contribution >= 0.6 is 15.9 Å². The lowest BCUT2D eigenvalue weighted by molar-refractivity contribution is 0.588. The van der Waals surface area contributed by atoms with Crippen molar-refractivity contribution in [2.75, 3.05) is 4.72 Å². The molecule has 140 valence electrons.